The van der Waals surface area contributed by atoms with Crippen molar-refractivity contribution in [1.29, 1.82) is 0 Å². The van der Waals surface area contributed by atoms with Gasteiger partial charge in [0.2, 0.25) is 0 Å². The van der Waals surface area contributed by atoms with Gasteiger partial charge in [0.1, 0.15) is 0 Å². The lowest BCUT2D eigenvalue weighted by Gasteiger charge is -2.07. The van der Waals surface area contributed by atoms with Crippen molar-refractivity contribution in [3.05, 3.63) is 39.6 Å². The largest absolute Gasteiger partial charge is 0.476 e. The van der Waals surface area contributed by atoms with Gasteiger partial charge in [-0.25, -0.2) is 9.48 Å². The summed E-state index contributed by atoms with van der Waals surface area (Å²) in [6.07, 6.45) is 0.480. The Balaban J connectivity index is 2.60. The maximum atomic E-state index is 11.0. The lowest BCUT2D eigenvalue weighted by Crippen LogP contribution is -2.06. The molecule has 1 aromatic heterocycles. The molecule has 0 aliphatic heterocycles. The number of aromatic carboxylic acids is 1. The highest BCUT2D eigenvalue weighted by molar-refractivity contribution is 6.35. The Morgan fingerprint density at radius 3 is 2.72 bits per heavy atom. The fourth-order valence-electron chi connectivity index (χ4n) is 1.63. The number of halogens is 2. The molecule has 2 aromatic rings. The minimum absolute atomic E-state index is 0.0662. The minimum Gasteiger partial charge on any atom is -0.476 e. The monoisotopic (exact) mass is 285 g/mol. The summed E-state index contributed by atoms with van der Waals surface area (Å²) in [5, 5.41) is 17.4. The molecular weight excluding hydrogens is 277 g/mol. The van der Waals surface area contributed by atoms with Gasteiger partial charge in [-0.05, 0) is 24.6 Å². The molecule has 7 heteroatoms. The third-order valence-corrected chi connectivity index (χ3v) is 2.98. The highest BCUT2D eigenvalue weighted by Gasteiger charge is 2.19. The molecule has 0 aliphatic carbocycles. The number of carboxylic acids is 1. The van der Waals surface area contributed by atoms with E-state index in [1.165, 1.54) is 4.68 Å². The molecule has 0 aliphatic rings. The van der Waals surface area contributed by atoms with Gasteiger partial charge in [-0.15, -0.1) is 5.10 Å². The first-order valence-electron chi connectivity index (χ1n) is 5.18. The first kappa shape index (κ1) is 12.9. The van der Waals surface area contributed by atoms with Crippen molar-refractivity contribution >= 4 is 29.2 Å². The van der Waals surface area contributed by atoms with Gasteiger partial charge in [0, 0.05) is 5.02 Å². The normalized spacial score (nSPS) is 10.6. The smallest absolute Gasteiger partial charge is 0.358 e. The van der Waals surface area contributed by atoms with Crippen LogP contribution in [0.25, 0.3) is 5.69 Å². The summed E-state index contributed by atoms with van der Waals surface area (Å²) in [7, 11) is 0. The van der Waals surface area contributed by atoms with E-state index < -0.39 is 5.97 Å². The average molecular weight is 286 g/mol. The first-order chi connectivity index (χ1) is 8.54. The van der Waals surface area contributed by atoms with Gasteiger partial charge < -0.3 is 5.11 Å². The van der Waals surface area contributed by atoms with Crippen LogP contribution in [-0.4, -0.2) is 26.1 Å². The zero-order valence-electron chi connectivity index (χ0n) is 9.39. The second-order valence-corrected chi connectivity index (χ2v) is 4.39. The molecule has 0 saturated heterocycles. The predicted octanol–water partition coefficient (Wildman–Crippen LogP) is 2.83. The van der Waals surface area contributed by atoms with Crippen LogP contribution in [0.15, 0.2) is 18.2 Å². The van der Waals surface area contributed by atoms with E-state index in [4.69, 9.17) is 28.3 Å². The highest BCUT2D eigenvalue weighted by Crippen LogP contribution is 2.25. The van der Waals surface area contributed by atoms with Gasteiger partial charge in [0.05, 0.1) is 16.4 Å². The second-order valence-electron chi connectivity index (χ2n) is 3.55. The van der Waals surface area contributed by atoms with Crippen molar-refractivity contribution in [2.24, 2.45) is 0 Å². The Bertz CT molecular complexity index is 610. The first-order valence-corrected chi connectivity index (χ1v) is 5.93. The molecule has 1 heterocycles. The topological polar surface area (TPSA) is 68.0 Å². The number of rotatable bonds is 3. The second kappa shape index (κ2) is 4.96. The Morgan fingerprint density at radius 1 is 1.44 bits per heavy atom. The van der Waals surface area contributed by atoms with Crippen LogP contribution in [0.1, 0.15) is 23.1 Å². The number of carboxylic acid groups (broad SMARTS) is 1. The molecule has 0 radical (unpaired) electrons. The quantitative estimate of drug-likeness (QED) is 0.942. The maximum absolute atomic E-state index is 11.0. The summed E-state index contributed by atoms with van der Waals surface area (Å²) in [5.41, 5.74) is 0.980. The van der Waals surface area contributed by atoms with Gasteiger partial charge in [-0.2, -0.15) is 0 Å². The van der Waals surface area contributed by atoms with Crippen molar-refractivity contribution in [2.45, 2.75) is 13.3 Å². The van der Waals surface area contributed by atoms with Crippen molar-refractivity contribution in [2.75, 3.05) is 0 Å². The molecule has 0 bridgehead atoms. The molecule has 18 heavy (non-hydrogen) atoms. The number of hydrogen-bond acceptors (Lipinski definition) is 3. The van der Waals surface area contributed by atoms with Crippen molar-refractivity contribution < 1.29 is 9.90 Å². The molecule has 94 valence electrons. The fraction of sp³-hybridized carbons (Fsp3) is 0.182. The summed E-state index contributed by atoms with van der Waals surface area (Å²) in [6, 6.07) is 4.90. The van der Waals surface area contributed by atoms with E-state index >= 15 is 0 Å². The van der Waals surface area contributed by atoms with Crippen LogP contribution in [0.4, 0.5) is 0 Å². The van der Waals surface area contributed by atoms with Gasteiger partial charge in [-0.1, -0.05) is 35.3 Å². The molecular formula is C11H9Cl2N3O2. The zero-order chi connectivity index (χ0) is 13.3. The molecule has 2 rings (SSSR count). The number of aromatic nitrogens is 3. The number of benzene rings is 1. The standard InChI is InChI=1S/C11H9Cl2N3O2/c1-2-8-10(11(17)18)14-15-16(8)9-4-3-6(12)5-7(9)13/h3-5H,2H2,1H3,(H,17,18). The Labute approximate surface area is 113 Å². The molecule has 0 spiro atoms. The average Bonchev–Trinajstić information content (AvgIpc) is 2.72. The summed E-state index contributed by atoms with van der Waals surface area (Å²) in [5.74, 6) is -1.11. The molecule has 0 amide bonds. The highest BCUT2D eigenvalue weighted by atomic mass is 35.5. The number of hydrogen-bond donors (Lipinski definition) is 1. The van der Waals surface area contributed by atoms with Crippen LogP contribution in [0.5, 0.6) is 0 Å². The number of carbonyl (C=O) groups is 1. The Morgan fingerprint density at radius 2 is 2.17 bits per heavy atom. The zero-order valence-corrected chi connectivity index (χ0v) is 10.9. The maximum Gasteiger partial charge on any atom is 0.358 e. The van der Waals surface area contributed by atoms with Gasteiger partial charge in [0.15, 0.2) is 5.69 Å². The van der Waals surface area contributed by atoms with Gasteiger partial charge >= 0.3 is 5.97 Å². The van der Waals surface area contributed by atoms with E-state index in [0.29, 0.717) is 27.8 Å². The summed E-state index contributed by atoms with van der Waals surface area (Å²) in [4.78, 5) is 11.0. The predicted molar refractivity (Wildman–Crippen MR) is 67.7 cm³/mol. The van der Waals surface area contributed by atoms with E-state index in [2.05, 4.69) is 10.3 Å². The summed E-state index contributed by atoms with van der Waals surface area (Å²) < 4.78 is 1.42. The van der Waals surface area contributed by atoms with E-state index in [-0.39, 0.29) is 5.69 Å². The molecule has 5 nitrogen and oxygen atoms in total. The van der Waals surface area contributed by atoms with Crippen LogP contribution < -0.4 is 0 Å². The molecule has 0 unspecified atom stereocenters. The lowest BCUT2D eigenvalue weighted by molar-refractivity contribution is 0.0689. The molecule has 1 aromatic carbocycles. The molecule has 0 saturated carbocycles. The third-order valence-electron chi connectivity index (χ3n) is 2.44. The molecule has 1 N–H and O–H groups in total. The summed E-state index contributed by atoms with van der Waals surface area (Å²) >= 11 is 11.9. The third kappa shape index (κ3) is 2.19. The van der Waals surface area contributed by atoms with Gasteiger partial charge in [-0.3, -0.25) is 0 Å². The van der Waals surface area contributed by atoms with E-state index in [9.17, 15) is 4.79 Å². The molecule has 0 fully saturated rings. The van der Waals surface area contributed by atoms with Crippen LogP contribution >= 0.6 is 23.2 Å². The Kier molecular flexibility index (Phi) is 3.54. The van der Waals surface area contributed by atoms with Crippen LogP contribution in [0.3, 0.4) is 0 Å². The van der Waals surface area contributed by atoms with E-state index in [1.807, 2.05) is 6.92 Å². The van der Waals surface area contributed by atoms with Crippen molar-refractivity contribution in [3.63, 3.8) is 0 Å². The summed E-state index contributed by atoms with van der Waals surface area (Å²) in [6.45, 7) is 1.82. The minimum atomic E-state index is -1.11. The van der Waals surface area contributed by atoms with Crippen molar-refractivity contribution in [3.8, 4) is 5.69 Å². The lowest BCUT2D eigenvalue weighted by atomic mass is 10.2. The van der Waals surface area contributed by atoms with E-state index in [0.717, 1.165) is 0 Å². The SMILES string of the molecule is CCc1c(C(=O)O)nnn1-c1ccc(Cl)cc1Cl. The van der Waals surface area contributed by atoms with Crippen LogP contribution in [0, 0.1) is 0 Å². The Hall–Kier alpha value is -1.59. The fourth-order valence-corrected chi connectivity index (χ4v) is 2.12. The van der Waals surface area contributed by atoms with Gasteiger partial charge in [0.25, 0.3) is 0 Å². The van der Waals surface area contributed by atoms with Crippen molar-refractivity contribution in [1.82, 2.24) is 15.0 Å². The van der Waals surface area contributed by atoms with Crippen LogP contribution in [-0.2, 0) is 6.42 Å². The number of nitrogens with zero attached hydrogens (tertiary/aromatic N) is 3. The van der Waals surface area contributed by atoms with E-state index in [1.54, 1.807) is 18.2 Å². The van der Waals surface area contributed by atoms with Crippen LogP contribution in [0.2, 0.25) is 10.0 Å². The molecule has 0 atom stereocenters.